The summed E-state index contributed by atoms with van der Waals surface area (Å²) in [6, 6.07) is 19.8. The molecule has 0 N–H and O–H groups in total. The molecule has 228 valence electrons. The van der Waals surface area contributed by atoms with Gasteiger partial charge >= 0.3 is 6.16 Å². The van der Waals surface area contributed by atoms with Crippen LogP contribution < -0.4 is 4.74 Å². The second-order valence-electron chi connectivity index (χ2n) is 13.0. The van der Waals surface area contributed by atoms with E-state index in [1.807, 2.05) is 18.2 Å². The predicted molar refractivity (Wildman–Crippen MR) is 165 cm³/mol. The number of piperidine rings is 1. The lowest BCUT2D eigenvalue weighted by Crippen LogP contribution is -2.45. The molecule has 9 heteroatoms. The Bertz CT molecular complexity index is 1320. The van der Waals surface area contributed by atoms with E-state index in [-0.39, 0.29) is 31.2 Å². The monoisotopic (exact) mass is 597 g/mol. The van der Waals surface area contributed by atoms with Gasteiger partial charge in [-0.05, 0) is 73.8 Å². The molecular formula is C33H44FNO6Si. The highest BCUT2D eigenvalue weighted by Gasteiger charge is 2.34. The Hall–Kier alpha value is -2.98. The molecular weight excluding hydrogens is 553 g/mol. The van der Waals surface area contributed by atoms with Crippen molar-refractivity contribution in [2.75, 3.05) is 26.5 Å². The lowest BCUT2D eigenvalue weighted by Gasteiger charge is -2.37. The van der Waals surface area contributed by atoms with Crippen molar-refractivity contribution in [3.05, 3.63) is 77.6 Å². The van der Waals surface area contributed by atoms with E-state index in [0.29, 0.717) is 31.9 Å². The summed E-state index contributed by atoms with van der Waals surface area (Å²) in [5, 5.41) is 3.73. The van der Waals surface area contributed by atoms with Gasteiger partial charge in [0.1, 0.15) is 17.2 Å². The summed E-state index contributed by atoms with van der Waals surface area (Å²) in [5.41, 5.74) is 1.21. The quantitative estimate of drug-likeness (QED) is 0.0963. The van der Waals surface area contributed by atoms with Gasteiger partial charge in [-0.2, -0.15) is 0 Å². The predicted octanol–water partition coefficient (Wildman–Crippen LogP) is 7.91. The zero-order chi connectivity index (χ0) is 30.3. The largest absolute Gasteiger partial charge is 0.528 e. The van der Waals surface area contributed by atoms with Crippen LogP contribution in [0.1, 0.15) is 44.2 Å². The highest BCUT2D eigenvalue weighted by molar-refractivity contribution is 6.76. The highest BCUT2D eigenvalue weighted by Crippen LogP contribution is 2.33. The fourth-order valence-corrected chi connectivity index (χ4v) is 5.61. The van der Waals surface area contributed by atoms with E-state index in [9.17, 15) is 9.18 Å². The normalized spacial score (nSPS) is 18.2. The number of hydrogen-bond acceptors (Lipinski definition) is 7. The molecule has 1 fully saturated rings. The summed E-state index contributed by atoms with van der Waals surface area (Å²) >= 11 is 0. The molecule has 2 unspecified atom stereocenters. The standard InChI is InChI=1S/C33H44FNO6Si/c1-33(2,3)40-32(36)41-35-16-15-29(24-11-13-28(34)14-12-24)31(21-35)38-22-27-19-25-9-7-8-10-26(25)20-30(27)39-23-37-17-18-42(4,5)6/h7-14,19-20,29,31H,15-18,21-23H2,1-6H3. The molecule has 1 aliphatic heterocycles. The van der Waals surface area contributed by atoms with Crippen LogP contribution in [0.4, 0.5) is 9.18 Å². The Morgan fingerprint density at radius 3 is 2.38 bits per heavy atom. The first-order valence-electron chi connectivity index (χ1n) is 14.6. The number of nitrogens with zero attached hydrogens (tertiary/aromatic N) is 1. The van der Waals surface area contributed by atoms with Crippen LogP contribution in [0.3, 0.4) is 0 Å². The van der Waals surface area contributed by atoms with Gasteiger partial charge < -0.3 is 23.8 Å². The van der Waals surface area contributed by atoms with Crippen LogP contribution in [0, 0.1) is 5.82 Å². The van der Waals surface area contributed by atoms with E-state index in [4.69, 9.17) is 23.8 Å². The van der Waals surface area contributed by atoms with Crippen molar-refractivity contribution < 1.29 is 33.0 Å². The van der Waals surface area contributed by atoms with Crippen molar-refractivity contribution in [3.63, 3.8) is 0 Å². The Morgan fingerprint density at radius 1 is 1.02 bits per heavy atom. The Labute approximate surface area is 249 Å². The molecule has 0 bridgehead atoms. The number of carbonyl (C=O) groups excluding carboxylic acids is 1. The summed E-state index contributed by atoms with van der Waals surface area (Å²) in [7, 11) is -1.20. The van der Waals surface area contributed by atoms with Crippen LogP contribution in [0.25, 0.3) is 10.8 Å². The summed E-state index contributed by atoms with van der Waals surface area (Å²) in [5.74, 6) is 0.406. The Kier molecular flexibility index (Phi) is 10.6. The number of benzene rings is 3. The van der Waals surface area contributed by atoms with E-state index in [1.165, 1.54) is 12.1 Å². The maximum Gasteiger partial charge on any atom is 0.528 e. The summed E-state index contributed by atoms with van der Waals surface area (Å²) in [6.07, 6.45) is -0.426. The summed E-state index contributed by atoms with van der Waals surface area (Å²) in [6.45, 7) is 14.3. The first kappa shape index (κ1) is 31.9. The van der Waals surface area contributed by atoms with E-state index < -0.39 is 19.8 Å². The molecule has 0 amide bonds. The summed E-state index contributed by atoms with van der Waals surface area (Å²) < 4.78 is 37.6. The first-order chi connectivity index (χ1) is 19.9. The van der Waals surface area contributed by atoms with Crippen LogP contribution >= 0.6 is 0 Å². The van der Waals surface area contributed by atoms with Crippen molar-refractivity contribution in [2.24, 2.45) is 0 Å². The van der Waals surface area contributed by atoms with E-state index in [2.05, 4.69) is 37.8 Å². The zero-order valence-corrected chi connectivity index (χ0v) is 26.7. The third-order valence-electron chi connectivity index (χ3n) is 7.09. The van der Waals surface area contributed by atoms with Gasteiger partial charge in [0.25, 0.3) is 0 Å². The van der Waals surface area contributed by atoms with Crippen LogP contribution in [0.5, 0.6) is 5.75 Å². The van der Waals surface area contributed by atoms with Gasteiger partial charge in [-0.25, -0.2) is 9.18 Å². The average molecular weight is 598 g/mol. The van der Waals surface area contributed by atoms with Crippen LogP contribution in [0.2, 0.25) is 25.7 Å². The molecule has 3 aromatic carbocycles. The van der Waals surface area contributed by atoms with Crippen molar-refractivity contribution in [2.45, 2.75) is 77.1 Å². The minimum atomic E-state index is -1.20. The zero-order valence-electron chi connectivity index (χ0n) is 25.7. The molecule has 7 nitrogen and oxygen atoms in total. The van der Waals surface area contributed by atoms with Gasteiger partial charge in [-0.3, -0.25) is 0 Å². The van der Waals surface area contributed by atoms with Crippen LogP contribution in [0.15, 0.2) is 60.7 Å². The molecule has 1 saturated heterocycles. The maximum atomic E-state index is 13.7. The van der Waals surface area contributed by atoms with Crippen molar-refractivity contribution in [1.82, 2.24) is 5.06 Å². The second kappa shape index (κ2) is 14.0. The molecule has 2 atom stereocenters. The third kappa shape index (κ3) is 9.80. The van der Waals surface area contributed by atoms with E-state index >= 15 is 0 Å². The minimum Gasteiger partial charge on any atom is -0.467 e. The second-order valence-corrected chi connectivity index (χ2v) is 18.6. The lowest BCUT2D eigenvalue weighted by molar-refractivity contribution is -0.179. The smallest absolute Gasteiger partial charge is 0.467 e. The van der Waals surface area contributed by atoms with Gasteiger partial charge in [0.2, 0.25) is 0 Å². The third-order valence-corrected chi connectivity index (χ3v) is 8.79. The fourth-order valence-electron chi connectivity index (χ4n) is 4.86. The molecule has 0 aliphatic carbocycles. The van der Waals surface area contributed by atoms with E-state index in [0.717, 1.165) is 27.9 Å². The molecule has 42 heavy (non-hydrogen) atoms. The topological polar surface area (TPSA) is 66.5 Å². The fraction of sp³-hybridized carbons (Fsp3) is 0.485. The average Bonchev–Trinajstić information content (AvgIpc) is 2.90. The van der Waals surface area contributed by atoms with Crippen LogP contribution in [-0.2, 0) is 25.7 Å². The number of rotatable bonds is 11. The number of hydrogen-bond donors (Lipinski definition) is 0. The van der Waals surface area contributed by atoms with Gasteiger partial charge in [0.05, 0.1) is 19.3 Å². The molecule has 1 aliphatic rings. The molecule has 4 rings (SSSR count). The number of halogens is 1. The molecule has 1 heterocycles. The van der Waals surface area contributed by atoms with Gasteiger partial charge in [0, 0.05) is 32.7 Å². The van der Waals surface area contributed by atoms with Crippen molar-refractivity contribution in [3.8, 4) is 5.75 Å². The summed E-state index contributed by atoms with van der Waals surface area (Å²) in [4.78, 5) is 17.9. The molecule has 0 radical (unpaired) electrons. The maximum absolute atomic E-state index is 13.7. The SMILES string of the molecule is CC(C)(C)OC(=O)ON1CCC(c2ccc(F)cc2)C(OCc2cc3ccccc3cc2OCOCC[Si](C)(C)C)C1. The molecule has 3 aromatic rings. The highest BCUT2D eigenvalue weighted by atomic mass is 28.3. The number of ether oxygens (including phenoxy) is 4. The van der Waals surface area contributed by atoms with Gasteiger partial charge in [0.15, 0.2) is 6.79 Å². The van der Waals surface area contributed by atoms with E-state index in [1.54, 1.807) is 38.0 Å². The number of fused-ring (bicyclic) bond motifs is 1. The molecule has 0 spiro atoms. The van der Waals surface area contributed by atoms with Gasteiger partial charge in [-0.15, -0.1) is 5.06 Å². The Morgan fingerprint density at radius 2 is 1.71 bits per heavy atom. The first-order valence-corrected chi connectivity index (χ1v) is 18.3. The van der Waals surface area contributed by atoms with Crippen LogP contribution in [-0.4, -0.2) is 57.5 Å². The number of hydroxylamine groups is 2. The van der Waals surface area contributed by atoms with Crippen molar-refractivity contribution >= 4 is 25.0 Å². The Balaban J connectivity index is 1.50. The van der Waals surface area contributed by atoms with Gasteiger partial charge in [-0.1, -0.05) is 56.0 Å². The number of carbonyl (C=O) groups is 1. The molecule has 0 aromatic heterocycles. The lowest BCUT2D eigenvalue weighted by atomic mass is 9.87. The van der Waals surface area contributed by atoms with Crippen molar-refractivity contribution in [1.29, 1.82) is 0 Å². The minimum absolute atomic E-state index is 0.0150. The molecule has 0 saturated carbocycles.